The minimum Gasteiger partial charge on any atom is -0.453 e. The highest BCUT2D eigenvalue weighted by atomic mass is 16.5. The van der Waals surface area contributed by atoms with Crippen LogP contribution >= 0.6 is 0 Å². The first-order valence-electron chi connectivity index (χ1n) is 9.55. The lowest BCUT2D eigenvalue weighted by Gasteiger charge is -2.38. The highest BCUT2D eigenvalue weighted by molar-refractivity contribution is 5.82. The summed E-state index contributed by atoms with van der Waals surface area (Å²) in [5, 5.41) is 5.47. The molecule has 148 valence electrons. The first-order valence-corrected chi connectivity index (χ1v) is 9.55. The van der Waals surface area contributed by atoms with Crippen molar-refractivity contribution in [1.29, 1.82) is 0 Å². The number of rotatable bonds is 7. The molecule has 0 heterocycles. The average molecular weight is 368 g/mol. The smallest absolute Gasteiger partial charge is 0.406 e. The second-order valence-corrected chi connectivity index (χ2v) is 7.41. The van der Waals surface area contributed by atoms with Crippen LogP contribution in [0.1, 0.15) is 51.4 Å². The standard InChI is InChI=1S/C18H32N4O4/c1-22(14-4-3-5-14)17(24)16(19)12-6-8-13(9-7-12)21-15(23)10-11-20-18(25)26-2/h12-14,16H,3-11,19H2,1-2H3,(H,20,25)(H,21,23)/t12?,13?,16-/m0/s1. The first-order chi connectivity index (χ1) is 12.4. The molecule has 0 aromatic heterocycles. The van der Waals surface area contributed by atoms with Gasteiger partial charge in [-0.05, 0) is 50.9 Å². The third-order valence-corrected chi connectivity index (χ3v) is 5.71. The number of methoxy groups -OCH3 is 1. The Balaban J connectivity index is 1.67. The van der Waals surface area contributed by atoms with Gasteiger partial charge in [-0.1, -0.05) is 0 Å². The predicted octanol–water partition coefficient (Wildman–Crippen LogP) is 0.746. The van der Waals surface area contributed by atoms with Crippen molar-refractivity contribution in [1.82, 2.24) is 15.5 Å². The molecule has 8 heteroatoms. The summed E-state index contributed by atoms with van der Waals surface area (Å²) in [6.45, 7) is 0.251. The highest BCUT2D eigenvalue weighted by Crippen LogP contribution is 2.29. The van der Waals surface area contributed by atoms with Gasteiger partial charge in [-0.15, -0.1) is 0 Å². The van der Waals surface area contributed by atoms with Crippen molar-refractivity contribution in [3.8, 4) is 0 Å². The van der Waals surface area contributed by atoms with Crippen LogP contribution in [0.5, 0.6) is 0 Å². The molecule has 0 aromatic rings. The molecule has 2 fully saturated rings. The molecule has 1 atom stereocenters. The van der Waals surface area contributed by atoms with Crippen LogP contribution in [0.3, 0.4) is 0 Å². The van der Waals surface area contributed by atoms with E-state index in [1.807, 2.05) is 11.9 Å². The number of nitrogens with two attached hydrogens (primary N) is 1. The monoisotopic (exact) mass is 368 g/mol. The molecule has 2 rings (SSSR count). The van der Waals surface area contributed by atoms with Crippen LogP contribution in [0.25, 0.3) is 0 Å². The predicted molar refractivity (Wildman–Crippen MR) is 97.3 cm³/mol. The number of amides is 3. The molecule has 3 amide bonds. The molecule has 26 heavy (non-hydrogen) atoms. The Morgan fingerprint density at radius 2 is 1.81 bits per heavy atom. The topological polar surface area (TPSA) is 114 Å². The Morgan fingerprint density at radius 1 is 1.15 bits per heavy atom. The zero-order valence-corrected chi connectivity index (χ0v) is 15.8. The minimum absolute atomic E-state index is 0.0519. The van der Waals surface area contributed by atoms with Gasteiger partial charge < -0.3 is 26.0 Å². The Morgan fingerprint density at radius 3 is 2.35 bits per heavy atom. The lowest BCUT2D eigenvalue weighted by Crippen LogP contribution is -2.52. The van der Waals surface area contributed by atoms with E-state index in [9.17, 15) is 14.4 Å². The quantitative estimate of drug-likeness (QED) is 0.613. The van der Waals surface area contributed by atoms with Crippen LogP contribution in [0.15, 0.2) is 0 Å². The zero-order chi connectivity index (χ0) is 19.1. The van der Waals surface area contributed by atoms with Crippen LogP contribution in [0.2, 0.25) is 0 Å². The van der Waals surface area contributed by atoms with E-state index in [1.54, 1.807) is 0 Å². The summed E-state index contributed by atoms with van der Waals surface area (Å²) in [4.78, 5) is 37.2. The van der Waals surface area contributed by atoms with Crippen LogP contribution in [0, 0.1) is 5.92 Å². The summed E-state index contributed by atoms with van der Waals surface area (Å²) in [5.74, 6) is 0.144. The van der Waals surface area contributed by atoms with Crippen molar-refractivity contribution in [3.05, 3.63) is 0 Å². The van der Waals surface area contributed by atoms with Gasteiger partial charge >= 0.3 is 6.09 Å². The maximum Gasteiger partial charge on any atom is 0.406 e. The molecule has 0 unspecified atom stereocenters. The van der Waals surface area contributed by atoms with E-state index in [4.69, 9.17) is 5.73 Å². The van der Waals surface area contributed by atoms with Gasteiger partial charge in [-0.2, -0.15) is 0 Å². The van der Waals surface area contributed by atoms with E-state index in [2.05, 4.69) is 15.4 Å². The van der Waals surface area contributed by atoms with Gasteiger partial charge in [-0.25, -0.2) is 4.79 Å². The van der Waals surface area contributed by atoms with Crippen molar-refractivity contribution in [2.75, 3.05) is 20.7 Å². The maximum absolute atomic E-state index is 12.5. The summed E-state index contributed by atoms with van der Waals surface area (Å²) < 4.78 is 4.45. The average Bonchev–Trinajstić information content (AvgIpc) is 2.59. The number of carbonyl (C=O) groups excluding carboxylic acids is 3. The SMILES string of the molecule is COC(=O)NCCC(=O)NC1CCC([C@H](N)C(=O)N(C)C2CCC2)CC1. The number of likely N-dealkylation sites (N-methyl/N-ethyl adjacent to an activating group) is 1. The van der Waals surface area contributed by atoms with Gasteiger partial charge in [0, 0.05) is 32.1 Å². The Bertz CT molecular complexity index is 501. The Hall–Kier alpha value is -1.83. The lowest BCUT2D eigenvalue weighted by atomic mass is 9.81. The minimum atomic E-state index is -0.538. The number of ether oxygens (including phenoxy) is 1. The molecule has 0 spiro atoms. The van der Waals surface area contributed by atoms with Gasteiger partial charge in [0.15, 0.2) is 0 Å². The Kier molecular flexibility index (Phi) is 7.68. The summed E-state index contributed by atoms with van der Waals surface area (Å²) in [5.41, 5.74) is 6.23. The summed E-state index contributed by atoms with van der Waals surface area (Å²) in [6.07, 6.45) is 6.38. The number of carbonyl (C=O) groups is 3. The first kappa shape index (κ1) is 20.5. The van der Waals surface area contributed by atoms with E-state index < -0.39 is 12.1 Å². The molecular weight excluding hydrogens is 336 g/mol. The fraction of sp³-hybridized carbons (Fsp3) is 0.833. The van der Waals surface area contributed by atoms with Gasteiger partial charge in [0.25, 0.3) is 0 Å². The largest absolute Gasteiger partial charge is 0.453 e. The third-order valence-electron chi connectivity index (χ3n) is 5.71. The van der Waals surface area contributed by atoms with Crippen LogP contribution < -0.4 is 16.4 Å². The molecule has 4 N–H and O–H groups in total. The molecule has 2 saturated carbocycles. The fourth-order valence-corrected chi connectivity index (χ4v) is 3.66. The van der Waals surface area contributed by atoms with E-state index >= 15 is 0 Å². The van der Waals surface area contributed by atoms with E-state index in [0.29, 0.717) is 6.04 Å². The van der Waals surface area contributed by atoms with E-state index in [-0.39, 0.29) is 36.7 Å². The maximum atomic E-state index is 12.5. The van der Waals surface area contributed by atoms with Gasteiger partial charge in [0.1, 0.15) is 0 Å². The molecule has 2 aliphatic rings. The molecular formula is C18H32N4O4. The molecule has 0 saturated heterocycles. The summed E-state index contributed by atoms with van der Waals surface area (Å²) >= 11 is 0. The van der Waals surface area contributed by atoms with Gasteiger partial charge in [0.2, 0.25) is 11.8 Å². The Labute approximate surface area is 155 Å². The highest BCUT2D eigenvalue weighted by Gasteiger charge is 2.34. The van der Waals surface area contributed by atoms with Crippen molar-refractivity contribution < 1.29 is 19.1 Å². The second kappa shape index (κ2) is 9.75. The zero-order valence-electron chi connectivity index (χ0n) is 15.8. The summed E-state index contributed by atoms with van der Waals surface area (Å²) in [7, 11) is 3.15. The molecule has 0 bridgehead atoms. The van der Waals surface area contributed by atoms with Crippen molar-refractivity contribution in [2.45, 2.75) is 69.5 Å². The van der Waals surface area contributed by atoms with Gasteiger partial charge in [-0.3, -0.25) is 9.59 Å². The molecule has 0 aliphatic heterocycles. The number of alkyl carbamates (subject to hydrolysis) is 1. The van der Waals surface area contributed by atoms with E-state index in [0.717, 1.165) is 38.5 Å². The van der Waals surface area contributed by atoms with Crippen molar-refractivity contribution >= 4 is 17.9 Å². The molecule has 0 radical (unpaired) electrons. The van der Waals surface area contributed by atoms with Gasteiger partial charge in [0.05, 0.1) is 13.2 Å². The number of hydrogen-bond donors (Lipinski definition) is 3. The number of nitrogens with one attached hydrogen (secondary N) is 2. The van der Waals surface area contributed by atoms with Crippen LogP contribution in [-0.2, 0) is 14.3 Å². The van der Waals surface area contributed by atoms with Crippen molar-refractivity contribution in [3.63, 3.8) is 0 Å². The normalized spacial score (nSPS) is 24.1. The number of nitrogens with zero attached hydrogens (tertiary/aromatic N) is 1. The lowest BCUT2D eigenvalue weighted by molar-refractivity contribution is -0.136. The summed E-state index contributed by atoms with van der Waals surface area (Å²) in [6, 6.07) is 0.0350. The second-order valence-electron chi connectivity index (χ2n) is 7.41. The third kappa shape index (κ3) is 5.59. The molecule has 0 aromatic carbocycles. The van der Waals surface area contributed by atoms with E-state index in [1.165, 1.54) is 13.5 Å². The number of hydrogen-bond acceptors (Lipinski definition) is 5. The molecule has 2 aliphatic carbocycles. The van der Waals surface area contributed by atoms with Crippen LogP contribution in [-0.4, -0.2) is 61.6 Å². The molecule has 8 nitrogen and oxygen atoms in total. The van der Waals surface area contributed by atoms with Crippen LogP contribution in [0.4, 0.5) is 4.79 Å². The van der Waals surface area contributed by atoms with Crippen molar-refractivity contribution in [2.24, 2.45) is 11.7 Å². The fourth-order valence-electron chi connectivity index (χ4n) is 3.66.